The van der Waals surface area contributed by atoms with Gasteiger partial charge in [0, 0.05) is 12.6 Å². The highest BCUT2D eigenvalue weighted by atomic mass is 35.5. The number of halogens is 2. The quantitative estimate of drug-likeness (QED) is 0.719. The van der Waals surface area contributed by atoms with Gasteiger partial charge in [-0.25, -0.2) is 4.98 Å². The maximum Gasteiger partial charge on any atom is 0.241 e. The first-order valence-corrected chi connectivity index (χ1v) is 8.09. The number of pyridine rings is 1. The van der Waals surface area contributed by atoms with Gasteiger partial charge in [0.2, 0.25) is 11.8 Å². The van der Waals surface area contributed by atoms with E-state index >= 15 is 0 Å². The molecule has 1 saturated heterocycles. The molecular weight excluding hydrogens is 377 g/mol. The van der Waals surface area contributed by atoms with Crippen LogP contribution < -0.4 is 15.4 Å². The van der Waals surface area contributed by atoms with Crippen LogP contribution >= 0.6 is 24.8 Å². The Labute approximate surface area is 165 Å². The number of aromatic nitrogens is 1. The van der Waals surface area contributed by atoms with Gasteiger partial charge in [-0.05, 0) is 36.6 Å². The van der Waals surface area contributed by atoms with E-state index in [2.05, 4.69) is 22.5 Å². The largest absolute Gasteiger partial charge is 0.439 e. The van der Waals surface area contributed by atoms with Gasteiger partial charge in [0.25, 0.3) is 0 Å². The number of nitrogens with one attached hydrogen (secondary N) is 2. The number of hydrogen-bond donors (Lipinski definition) is 3. The van der Waals surface area contributed by atoms with Crippen LogP contribution in [0.2, 0.25) is 0 Å². The third-order valence-electron chi connectivity index (χ3n) is 3.96. The average Bonchev–Trinajstić information content (AvgIpc) is 3.03. The summed E-state index contributed by atoms with van der Waals surface area (Å²) in [6.45, 7) is 2.53. The highest BCUT2D eigenvalue weighted by molar-refractivity contribution is 5.94. The number of aliphatic hydroxyl groups is 1. The molecule has 6 nitrogen and oxygen atoms in total. The van der Waals surface area contributed by atoms with Crippen molar-refractivity contribution < 1.29 is 14.6 Å². The molecule has 142 valence electrons. The lowest BCUT2D eigenvalue weighted by molar-refractivity contribution is -0.117. The molecule has 3 rings (SSSR count). The van der Waals surface area contributed by atoms with Gasteiger partial charge in [0.1, 0.15) is 5.75 Å². The molecule has 26 heavy (non-hydrogen) atoms. The van der Waals surface area contributed by atoms with Crippen molar-refractivity contribution >= 4 is 36.4 Å². The zero-order chi connectivity index (χ0) is 16.9. The Morgan fingerprint density at radius 1 is 1.35 bits per heavy atom. The lowest BCUT2D eigenvalue weighted by Crippen LogP contribution is -2.35. The Morgan fingerprint density at radius 2 is 2.15 bits per heavy atom. The minimum atomic E-state index is -0.464. The Bertz CT molecular complexity index is 713. The summed E-state index contributed by atoms with van der Waals surface area (Å²) < 4.78 is 5.73. The normalized spacial score (nSPS) is 18.4. The minimum absolute atomic E-state index is 0. The standard InChI is InChI=1S/C18H21N3O3.2ClH/c1-2-12-4-3-5-15(8-12)24-17-7-6-13(10-20-17)21-18(23)16-9-14(22)11-19-16;;/h3-8,10,14,16,19,22H,2,9,11H2,1H3,(H,21,23);2*1H. The van der Waals surface area contributed by atoms with Gasteiger partial charge in [-0.2, -0.15) is 0 Å². The summed E-state index contributed by atoms with van der Waals surface area (Å²) in [5, 5.41) is 15.2. The van der Waals surface area contributed by atoms with E-state index < -0.39 is 6.10 Å². The van der Waals surface area contributed by atoms with E-state index in [0.29, 0.717) is 24.5 Å². The number of carbonyl (C=O) groups is 1. The zero-order valence-electron chi connectivity index (χ0n) is 14.3. The maximum atomic E-state index is 12.1. The highest BCUT2D eigenvalue weighted by Gasteiger charge is 2.27. The Kier molecular flexibility index (Phi) is 8.81. The Balaban J connectivity index is 0.00000169. The van der Waals surface area contributed by atoms with Crippen molar-refractivity contribution in [2.24, 2.45) is 0 Å². The molecule has 2 unspecified atom stereocenters. The van der Waals surface area contributed by atoms with Gasteiger partial charge in [-0.1, -0.05) is 19.1 Å². The van der Waals surface area contributed by atoms with E-state index in [-0.39, 0.29) is 36.8 Å². The number of rotatable bonds is 5. The average molecular weight is 400 g/mol. The van der Waals surface area contributed by atoms with E-state index in [1.54, 1.807) is 18.3 Å². The Morgan fingerprint density at radius 3 is 2.77 bits per heavy atom. The number of carbonyl (C=O) groups excluding carboxylic acids is 1. The van der Waals surface area contributed by atoms with E-state index in [1.807, 2.05) is 24.3 Å². The molecule has 2 atom stereocenters. The first-order chi connectivity index (χ1) is 11.6. The number of nitrogens with zero attached hydrogens (tertiary/aromatic N) is 1. The maximum absolute atomic E-state index is 12.1. The smallest absolute Gasteiger partial charge is 0.241 e. The van der Waals surface area contributed by atoms with Crippen molar-refractivity contribution in [1.29, 1.82) is 0 Å². The summed E-state index contributed by atoms with van der Waals surface area (Å²) in [6, 6.07) is 11.0. The van der Waals surface area contributed by atoms with Gasteiger partial charge >= 0.3 is 0 Å². The van der Waals surface area contributed by atoms with Gasteiger partial charge in [0.05, 0.1) is 24.0 Å². The van der Waals surface area contributed by atoms with Crippen LogP contribution in [-0.2, 0) is 11.2 Å². The van der Waals surface area contributed by atoms with Crippen molar-refractivity contribution in [2.75, 3.05) is 11.9 Å². The summed E-state index contributed by atoms with van der Waals surface area (Å²) in [4.78, 5) is 16.3. The molecule has 1 amide bonds. The SMILES string of the molecule is CCc1cccc(Oc2ccc(NC(=O)C3CC(O)CN3)cn2)c1.Cl.Cl. The van der Waals surface area contributed by atoms with Crippen LogP contribution in [-0.4, -0.2) is 34.7 Å². The summed E-state index contributed by atoms with van der Waals surface area (Å²) in [5.74, 6) is 1.04. The van der Waals surface area contributed by atoms with Gasteiger partial charge in [-0.15, -0.1) is 24.8 Å². The van der Waals surface area contributed by atoms with E-state index in [1.165, 1.54) is 5.56 Å². The summed E-state index contributed by atoms with van der Waals surface area (Å²) in [6.07, 6.45) is 2.46. The van der Waals surface area contributed by atoms with E-state index in [0.717, 1.165) is 12.2 Å². The van der Waals surface area contributed by atoms with Crippen molar-refractivity contribution in [3.63, 3.8) is 0 Å². The van der Waals surface area contributed by atoms with Crippen LogP contribution in [0.1, 0.15) is 18.9 Å². The second kappa shape index (κ2) is 10.3. The molecule has 0 spiro atoms. The predicted molar refractivity (Wildman–Crippen MR) is 106 cm³/mol. The van der Waals surface area contributed by atoms with Crippen LogP contribution in [0.3, 0.4) is 0 Å². The number of anilines is 1. The van der Waals surface area contributed by atoms with Crippen LogP contribution in [0.5, 0.6) is 11.6 Å². The first kappa shape index (κ1) is 22.2. The van der Waals surface area contributed by atoms with Crippen molar-refractivity contribution in [1.82, 2.24) is 10.3 Å². The van der Waals surface area contributed by atoms with Crippen molar-refractivity contribution in [3.05, 3.63) is 48.2 Å². The lowest BCUT2D eigenvalue weighted by Gasteiger charge is -2.11. The second-order valence-electron chi connectivity index (χ2n) is 5.83. The third-order valence-corrected chi connectivity index (χ3v) is 3.96. The molecule has 3 N–H and O–H groups in total. The number of β-amino-alcohol motifs (C(OH)–C–C–N with tert-alkyl or cyclic N) is 1. The van der Waals surface area contributed by atoms with E-state index in [9.17, 15) is 9.90 Å². The topological polar surface area (TPSA) is 83.5 Å². The number of aryl methyl sites for hydroxylation is 1. The monoisotopic (exact) mass is 399 g/mol. The highest BCUT2D eigenvalue weighted by Crippen LogP contribution is 2.22. The van der Waals surface area contributed by atoms with Crippen LogP contribution in [0.4, 0.5) is 5.69 Å². The van der Waals surface area contributed by atoms with Gasteiger partial charge in [0.15, 0.2) is 0 Å². The molecule has 2 aromatic rings. The van der Waals surface area contributed by atoms with Crippen LogP contribution in [0.15, 0.2) is 42.6 Å². The fourth-order valence-corrected chi connectivity index (χ4v) is 2.61. The third kappa shape index (κ3) is 5.85. The fraction of sp³-hybridized carbons (Fsp3) is 0.333. The number of ether oxygens (including phenoxy) is 1. The van der Waals surface area contributed by atoms with Crippen LogP contribution in [0, 0.1) is 0 Å². The summed E-state index contributed by atoms with van der Waals surface area (Å²) in [7, 11) is 0. The van der Waals surface area contributed by atoms with Gasteiger partial charge < -0.3 is 20.5 Å². The molecule has 0 aliphatic carbocycles. The van der Waals surface area contributed by atoms with E-state index in [4.69, 9.17) is 4.74 Å². The second-order valence-corrected chi connectivity index (χ2v) is 5.83. The Hall–Kier alpha value is -1.86. The molecule has 1 aromatic heterocycles. The summed E-state index contributed by atoms with van der Waals surface area (Å²) >= 11 is 0. The molecule has 1 aromatic carbocycles. The molecule has 8 heteroatoms. The molecule has 0 saturated carbocycles. The molecular formula is C18H23Cl2N3O3. The molecule has 2 heterocycles. The first-order valence-electron chi connectivity index (χ1n) is 8.09. The number of aliphatic hydroxyl groups excluding tert-OH is 1. The molecule has 1 aliphatic heterocycles. The zero-order valence-corrected chi connectivity index (χ0v) is 16.0. The fourth-order valence-electron chi connectivity index (χ4n) is 2.61. The molecule has 0 radical (unpaired) electrons. The minimum Gasteiger partial charge on any atom is -0.439 e. The molecule has 1 aliphatic rings. The molecule has 0 bridgehead atoms. The summed E-state index contributed by atoms with van der Waals surface area (Å²) in [5.41, 5.74) is 1.79. The molecule has 1 fully saturated rings. The van der Waals surface area contributed by atoms with Crippen molar-refractivity contribution in [2.45, 2.75) is 31.9 Å². The van der Waals surface area contributed by atoms with Crippen LogP contribution in [0.25, 0.3) is 0 Å². The predicted octanol–water partition coefficient (Wildman–Crippen LogP) is 2.94. The number of hydrogen-bond acceptors (Lipinski definition) is 5. The number of benzene rings is 1. The van der Waals surface area contributed by atoms with Crippen molar-refractivity contribution in [3.8, 4) is 11.6 Å². The lowest BCUT2D eigenvalue weighted by atomic mass is 10.2. The van der Waals surface area contributed by atoms with Gasteiger partial charge in [-0.3, -0.25) is 4.79 Å². The number of amides is 1.